The van der Waals surface area contributed by atoms with Crippen molar-refractivity contribution in [3.05, 3.63) is 57.5 Å². The molecule has 0 amide bonds. The molecular weight excluding hydrogens is 380 g/mol. The predicted molar refractivity (Wildman–Crippen MR) is 93.3 cm³/mol. The Morgan fingerprint density at radius 1 is 1.14 bits per heavy atom. The first kappa shape index (κ1) is 14.1. The average molecular weight is 393 g/mol. The SMILES string of the molecule is Cc1ccc2c(Nc3ccc(I)cc3F)nccc2c1N. The van der Waals surface area contributed by atoms with Crippen LogP contribution in [0, 0.1) is 16.3 Å². The Hall–Kier alpha value is -1.89. The lowest BCUT2D eigenvalue weighted by Gasteiger charge is -2.12. The molecule has 3 nitrogen and oxygen atoms in total. The molecule has 3 rings (SSSR count). The summed E-state index contributed by atoms with van der Waals surface area (Å²) in [6.07, 6.45) is 1.67. The molecule has 1 aromatic heterocycles. The van der Waals surface area contributed by atoms with E-state index in [-0.39, 0.29) is 5.82 Å². The number of nitrogens with one attached hydrogen (secondary N) is 1. The first-order valence-electron chi connectivity index (χ1n) is 6.42. The smallest absolute Gasteiger partial charge is 0.147 e. The van der Waals surface area contributed by atoms with Gasteiger partial charge < -0.3 is 11.1 Å². The molecule has 0 aliphatic rings. The van der Waals surface area contributed by atoms with Gasteiger partial charge in [0.25, 0.3) is 0 Å². The van der Waals surface area contributed by atoms with Gasteiger partial charge in [0, 0.05) is 26.2 Å². The summed E-state index contributed by atoms with van der Waals surface area (Å²) in [4.78, 5) is 4.30. The molecule has 0 saturated carbocycles. The minimum Gasteiger partial charge on any atom is -0.398 e. The molecule has 0 radical (unpaired) electrons. The predicted octanol–water partition coefficient (Wildman–Crippen LogP) is 4.61. The number of pyridine rings is 1. The third-order valence-electron chi connectivity index (χ3n) is 3.39. The lowest BCUT2D eigenvalue weighted by Crippen LogP contribution is -1.99. The second-order valence-electron chi connectivity index (χ2n) is 4.80. The molecule has 0 fully saturated rings. The maximum absolute atomic E-state index is 14.0. The molecule has 0 bridgehead atoms. The average Bonchev–Trinajstić information content (AvgIpc) is 2.46. The maximum Gasteiger partial charge on any atom is 0.147 e. The van der Waals surface area contributed by atoms with Crippen LogP contribution in [0.15, 0.2) is 42.6 Å². The van der Waals surface area contributed by atoms with Crippen molar-refractivity contribution in [1.29, 1.82) is 0 Å². The number of hydrogen-bond acceptors (Lipinski definition) is 3. The van der Waals surface area contributed by atoms with Crippen LogP contribution in [-0.4, -0.2) is 4.98 Å². The fourth-order valence-electron chi connectivity index (χ4n) is 2.21. The summed E-state index contributed by atoms with van der Waals surface area (Å²) < 4.78 is 14.8. The molecular formula is C16H13FIN3. The van der Waals surface area contributed by atoms with Crippen LogP contribution in [0.3, 0.4) is 0 Å². The van der Waals surface area contributed by atoms with Crippen molar-refractivity contribution in [3.8, 4) is 0 Å². The number of benzene rings is 2. The standard InChI is InChI=1S/C16H13FIN3/c1-9-2-4-12-11(15(9)19)6-7-20-16(12)21-14-5-3-10(18)8-13(14)17/h2-8H,19H2,1H3,(H,20,21). The summed E-state index contributed by atoms with van der Waals surface area (Å²) in [5.41, 5.74) is 8.23. The highest BCUT2D eigenvalue weighted by Crippen LogP contribution is 2.30. The quantitative estimate of drug-likeness (QED) is 0.494. The van der Waals surface area contributed by atoms with Crippen LogP contribution in [0.2, 0.25) is 0 Å². The number of nitrogens with two attached hydrogens (primary N) is 1. The van der Waals surface area contributed by atoms with E-state index in [2.05, 4.69) is 32.9 Å². The number of halogens is 2. The van der Waals surface area contributed by atoms with E-state index >= 15 is 0 Å². The van der Waals surface area contributed by atoms with E-state index in [4.69, 9.17) is 5.73 Å². The molecule has 3 aromatic rings. The number of nitrogens with zero attached hydrogens (tertiary/aromatic N) is 1. The summed E-state index contributed by atoms with van der Waals surface area (Å²) in [5.74, 6) is 0.292. The minimum absolute atomic E-state index is 0.305. The molecule has 106 valence electrons. The van der Waals surface area contributed by atoms with Crippen molar-refractivity contribution < 1.29 is 4.39 Å². The fraction of sp³-hybridized carbons (Fsp3) is 0.0625. The normalized spacial score (nSPS) is 10.8. The topological polar surface area (TPSA) is 50.9 Å². The van der Waals surface area contributed by atoms with Gasteiger partial charge in [-0.05, 0) is 59.3 Å². The zero-order chi connectivity index (χ0) is 15.0. The lowest BCUT2D eigenvalue weighted by molar-refractivity contribution is 0.631. The fourth-order valence-corrected chi connectivity index (χ4v) is 2.66. The van der Waals surface area contributed by atoms with Crippen LogP contribution in [0.25, 0.3) is 10.8 Å². The number of aromatic nitrogens is 1. The second kappa shape index (κ2) is 5.48. The van der Waals surface area contributed by atoms with Gasteiger partial charge in [-0.25, -0.2) is 9.37 Å². The van der Waals surface area contributed by atoms with Crippen molar-refractivity contribution in [2.24, 2.45) is 0 Å². The third-order valence-corrected chi connectivity index (χ3v) is 4.06. The minimum atomic E-state index is -0.305. The van der Waals surface area contributed by atoms with E-state index in [1.54, 1.807) is 12.3 Å². The van der Waals surface area contributed by atoms with Gasteiger partial charge in [0.2, 0.25) is 0 Å². The zero-order valence-electron chi connectivity index (χ0n) is 11.3. The van der Waals surface area contributed by atoms with E-state index in [0.29, 0.717) is 11.5 Å². The Kier molecular flexibility index (Phi) is 3.67. The van der Waals surface area contributed by atoms with Crippen molar-refractivity contribution in [3.63, 3.8) is 0 Å². The molecule has 0 spiro atoms. The van der Waals surface area contributed by atoms with Crippen molar-refractivity contribution >= 4 is 50.6 Å². The van der Waals surface area contributed by atoms with E-state index in [0.717, 1.165) is 25.6 Å². The third kappa shape index (κ3) is 2.65. The van der Waals surface area contributed by atoms with Crippen molar-refractivity contribution in [1.82, 2.24) is 4.98 Å². The summed E-state index contributed by atoms with van der Waals surface area (Å²) in [7, 11) is 0. The monoisotopic (exact) mass is 393 g/mol. The number of nitrogen functional groups attached to an aromatic ring is 1. The summed E-state index contributed by atoms with van der Waals surface area (Å²) in [6.45, 7) is 1.96. The van der Waals surface area contributed by atoms with E-state index < -0.39 is 0 Å². The van der Waals surface area contributed by atoms with Crippen LogP contribution >= 0.6 is 22.6 Å². The van der Waals surface area contributed by atoms with Gasteiger partial charge in [-0.2, -0.15) is 0 Å². The van der Waals surface area contributed by atoms with Crippen LogP contribution in [0.1, 0.15) is 5.56 Å². The van der Waals surface area contributed by atoms with Gasteiger partial charge >= 0.3 is 0 Å². The van der Waals surface area contributed by atoms with Gasteiger partial charge in [-0.3, -0.25) is 0 Å². The first-order chi connectivity index (χ1) is 10.1. The lowest BCUT2D eigenvalue weighted by atomic mass is 10.1. The van der Waals surface area contributed by atoms with E-state index in [9.17, 15) is 4.39 Å². The van der Waals surface area contributed by atoms with Crippen molar-refractivity contribution in [2.45, 2.75) is 6.92 Å². The van der Waals surface area contributed by atoms with Gasteiger partial charge in [-0.15, -0.1) is 0 Å². The largest absolute Gasteiger partial charge is 0.398 e. The highest BCUT2D eigenvalue weighted by molar-refractivity contribution is 14.1. The van der Waals surface area contributed by atoms with Crippen LogP contribution < -0.4 is 11.1 Å². The number of fused-ring (bicyclic) bond motifs is 1. The van der Waals surface area contributed by atoms with Crippen LogP contribution in [-0.2, 0) is 0 Å². The number of anilines is 3. The Balaban J connectivity index is 2.11. The zero-order valence-corrected chi connectivity index (χ0v) is 13.5. The Labute approximate surface area is 135 Å². The van der Waals surface area contributed by atoms with Gasteiger partial charge in [0.05, 0.1) is 5.69 Å². The molecule has 0 atom stereocenters. The first-order valence-corrected chi connectivity index (χ1v) is 7.50. The Bertz CT molecular complexity index is 833. The van der Waals surface area contributed by atoms with Gasteiger partial charge in [0.1, 0.15) is 11.6 Å². The van der Waals surface area contributed by atoms with E-state index in [1.165, 1.54) is 6.07 Å². The molecule has 3 N–H and O–H groups in total. The van der Waals surface area contributed by atoms with Crippen LogP contribution in [0.5, 0.6) is 0 Å². The number of rotatable bonds is 2. The highest BCUT2D eigenvalue weighted by Gasteiger charge is 2.09. The molecule has 21 heavy (non-hydrogen) atoms. The molecule has 2 aromatic carbocycles. The number of aryl methyl sites for hydroxylation is 1. The molecule has 0 aliphatic heterocycles. The molecule has 0 aliphatic carbocycles. The molecule has 5 heteroatoms. The molecule has 0 saturated heterocycles. The van der Waals surface area contributed by atoms with E-state index in [1.807, 2.05) is 31.2 Å². The Morgan fingerprint density at radius 2 is 1.95 bits per heavy atom. The summed E-state index contributed by atoms with van der Waals surface area (Å²) in [6, 6.07) is 10.8. The maximum atomic E-state index is 14.0. The van der Waals surface area contributed by atoms with Gasteiger partial charge in [0.15, 0.2) is 0 Å². The van der Waals surface area contributed by atoms with Crippen molar-refractivity contribution in [2.75, 3.05) is 11.1 Å². The Morgan fingerprint density at radius 3 is 2.71 bits per heavy atom. The van der Waals surface area contributed by atoms with Gasteiger partial charge in [-0.1, -0.05) is 12.1 Å². The number of hydrogen-bond donors (Lipinski definition) is 2. The summed E-state index contributed by atoms with van der Waals surface area (Å²) >= 11 is 2.08. The van der Waals surface area contributed by atoms with Crippen LogP contribution in [0.4, 0.5) is 21.6 Å². The highest BCUT2D eigenvalue weighted by atomic mass is 127. The summed E-state index contributed by atoms with van der Waals surface area (Å²) in [5, 5.41) is 4.83. The second-order valence-corrected chi connectivity index (χ2v) is 6.05. The molecule has 1 heterocycles. The molecule has 0 unspecified atom stereocenters.